The van der Waals surface area contributed by atoms with Gasteiger partial charge in [0.1, 0.15) is 0 Å². The van der Waals surface area contributed by atoms with Crippen LogP contribution in [-0.2, 0) is 53.7 Å². The summed E-state index contributed by atoms with van der Waals surface area (Å²) in [4.78, 5) is 66.3. The largest absolute Gasteiger partial charge is 0.406 e. The Bertz CT molecular complexity index is 3140. The summed E-state index contributed by atoms with van der Waals surface area (Å²) in [7, 11) is -6.17. The third-order valence-electron chi connectivity index (χ3n) is 17.3. The molecule has 8 aromatic rings. The van der Waals surface area contributed by atoms with E-state index in [9.17, 15) is 0 Å². The highest BCUT2D eigenvalue weighted by Crippen LogP contribution is 2.38. The monoisotopic (exact) mass is 1210 g/mol. The molecule has 1 unspecified atom stereocenters. The number of nitrogens with one attached hydrogen (secondary N) is 2. The van der Waals surface area contributed by atoms with E-state index in [1.165, 1.54) is 0 Å². The van der Waals surface area contributed by atoms with E-state index in [0.29, 0.717) is 25.7 Å². The highest BCUT2D eigenvalue weighted by Gasteiger charge is 2.52. The van der Waals surface area contributed by atoms with Crippen LogP contribution in [0.1, 0.15) is 89.5 Å². The number of carbonyl (C=O) groups excluding carboxylic acids is 4. The summed E-state index contributed by atoms with van der Waals surface area (Å²) >= 11 is 0. The molecule has 0 radical (unpaired) electrons. The third kappa shape index (κ3) is 16.4. The SMILES string of the molecule is CC(C)(C)[Si](OCCN1C(=O)C[C@H](Cc2ccccc2)NC(=O)C[C@H](Cc2ccccc2)N(CCO[Si](c2ccccc2)(c2ccccc2)C(C)(C)C)C(=O)CC(Cc2ccccc2)NC(=O)C[C@@H]1Cc1ccccc1)(c1ccccc1)c1ccccc1. The zero-order chi connectivity index (χ0) is 62.0. The molecular formula is C76H88N4O6Si2. The highest BCUT2D eigenvalue weighted by atomic mass is 28.4. The zero-order valence-electron chi connectivity index (χ0n) is 52.2. The van der Waals surface area contributed by atoms with E-state index in [0.717, 1.165) is 43.0 Å². The molecule has 1 aliphatic rings. The molecule has 0 aromatic heterocycles. The van der Waals surface area contributed by atoms with Crippen molar-refractivity contribution in [2.45, 2.75) is 127 Å². The lowest BCUT2D eigenvalue weighted by molar-refractivity contribution is -0.136. The van der Waals surface area contributed by atoms with Crippen LogP contribution in [0, 0.1) is 0 Å². The van der Waals surface area contributed by atoms with Crippen molar-refractivity contribution in [3.8, 4) is 0 Å². The van der Waals surface area contributed by atoms with Crippen LogP contribution < -0.4 is 31.4 Å². The molecule has 0 spiro atoms. The van der Waals surface area contributed by atoms with Gasteiger partial charge in [-0.3, -0.25) is 19.2 Å². The number of rotatable bonds is 20. The maximum absolute atomic E-state index is 15.9. The quantitative estimate of drug-likeness (QED) is 0.0734. The van der Waals surface area contributed by atoms with E-state index in [1.54, 1.807) is 0 Å². The van der Waals surface area contributed by atoms with Crippen molar-refractivity contribution in [3.63, 3.8) is 0 Å². The summed E-state index contributed by atoms with van der Waals surface area (Å²) in [5.41, 5.74) is 3.84. The molecule has 456 valence electrons. The molecule has 1 aliphatic heterocycles. The van der Waals surface area contributed by atoms with Gasteiger partial charge in [-0.2, -0.15) is 0 Å². The fourth-order valence-electron chi connectivity index (χ4n) is 13.3. The number of hydrogen-bond donors (Lipinski definition) is 2. The topological polar surface area (TPSA) is 117 Å². The molecule has 1 fully saturated rings. The first-order valence-corrected chi connectivity index (χ1v) is 35.2. The van der Waals surface area contributed by atoms with Gasteiger partial charge >= 0.3 is 0 Å². The van der Waals surface area contributed by atoms with Crippen LogP contribution in [0.4, 0.5) is 0 Å². The second-order valence-electron chi connectivity index (χ2n) is 25.6. The second-order valence-corrected chi connectivity index (χ2v) is 34.2. The normalized spacial score (nSPS) is 17.9. The number of nitrogens with zero attached hydrogens (tertiary/aromatic N) is 2. The first kappa shape index (κ1) is 64.5. The summed E-state index contributed by atoms with van der Waals surface area (Å²) in [6, 6.07) is 79.1. The number of hydrogen-bond acceptors (Lipinski definition) is 6. The Morgan fingerprint density at radius 2 is 0.591 bits per heavy atom. The smallest absolute Gasteiger partial charge is 0.261 e. The first-order valence-electron chi connectivity index (χ1n) is 31.4. The summed E-state index contributed by atoms with van der Waals surface area (Å²) < 4.78 is 15.0. The van der Waals surface area contributed by atoms with E-state index >= 15 is 19.2 Å². The number of amides is 4. The molecule has 10 nitrogen and oxygen atoms in total. The van der Waals surface area contributed by atoms with E-state index in [1.807, 2.05) is 155 Å². The predicted octanol–water partition coefficient (Wildman–Crippen LogP) is 11.0. The highest BCUT2D eigenvalue weighted by molar-refractivity contribution is 7.00. The minimum atomic E-state index is -3.08. The number of carbonyl (C=O) groups is 4. The van der Waals surface area contributed by atoms with Crippen LogP contribution in [0.3, 0.4) is 0 Å². The van der Waals surface area contributed by atoms with Crippen molar-refractivity contribution in [1.29, 1.82) is 0 Å². The Morgan fingerprint density at radius 1 is 0.352 bits per heavy atom. The van der Waals surface area contributed by atoms with Crippen molar-refractivity contribution in [1.82, 2.24) is 20.4 Å². The summed E-state index contributed by atoms with van der Waals surface area (Å²) in [5, 5.41) is 10.6. The van der Waals surface area contributed by atoms with E-state index in [-0.39, 0.29) is 85.7 Å². The van der Waals surface area contributed by atoms with E-state index in [2.05, 4.69) is 149 Å². The molecule has 12 heteroatoms. The second kappa shape index (κ2) is 30.3. The van der Waals surface area contributed by atoms with E-state index in [4.69, 9.17) is 8.85 Å². The summed E-state index contributed by atoms with van der Waals surface area (Å²) in [6.45, 7) is 14.1. The van der Waals surface area contributed by atoms with Crippen molar-refractivity contribution >= 4 is 61.0 Å². The van der Waals surface area contributed by atoms with E-state index < -0.39 is 40.8 Å². The molecule has 0 aliphatic carbocycles. The summed E-state index contributed by atoms with van der Waals surface area (Å²) in [6.07, 6.45) is 1.27. The lowest BCUT2D eigenvalue weighted by Crippen LogP contribution is -2.67. The molecule has 9 rings (SSSR count). The van der Waals surface area contributed by atoms with Gasteiger partial charge in [0.25, 0.3) is 16.6 Å². The molecule has 88 heavy (non-hydrogen) atoms. The molecule has 1 heterocycles. The molecule has 4 atom stereocenters. The van der Waals surface area contributed by atoms with Gasteiger partial charge in [-0.1, -0.05) is 284 Å². The number of benzene rings is 8. The fraction of sp³-hybridized carbons (Fsp3) is 0.316. The first-order chi connectivity index (χ1) is 42.5. The van der Waals surface area contributed by atoms with Crippen LogP contribution in [0.5, 0.6) is 0 Å². The lowest BCUT2D eigenvalue weighted by atomic mass is 9.96. The molecule has 4 amide bonds. The van der Waals surface area contributed by atoms with Gasteiger partial charge in [-0.25, -0.2) is 0 Å². The van der Waals surface area contributed by atoms with Crippen LogP contribution in [0.2, 0.25) is 10.1 Å². The molecule has 2 N–H and O–H groups in total. The Morgan fingerprint density at radius 3 is 0.841 bits per heavy atom. The van der Waals surface area contributed by atoms with Gasteiger partial charge in [0.05, 0.1) is 13.2 Å². The van der Waals surface area contributed by atoms with Crippen LogP contribution in [-0.4, -0.2) is 101 Å². The van der Waals surface area contributed by atoms with Gasteiger partial charge in [0.2, 0.25) is 23.6 Å². The summed E-state index contributed by atoms with van der Waals surface area (Å²) in [5.74, 6) is -0.952. The molecule has 0 bridgehead atoms. The molecule has 8 aromatic carbocycles. The molecule has 1 saturated heterocycles. The van der Waals surface area contributed by atoms with Gasteiger partial charge in [-0.05, 0) is 78.8 Å². The minimum absolute atomic E-state index is 0.0539. The lowest BCUT2D eigenvalue weighted by Gasteiger charge is -2.44. The maximum atomic E-state index is 15.9. The van der Waals surface area contributed by atoms with Crippen molar-refractivity contribution in [2.75, 3.05) is 26.3 Å². The van der Waals surface area contributed by atoms with Crippen LogP contribution in [0.15, 0.2) is 243 Å². The zero-order valence-corrected chi connectivity index (χ0v) is 54.2. The van der Waals surface area contributed by atoms with Gasteiger partial charge in [0.15, 0.2) is 0 Å². The molecular weight excluding hydrogens is 1120 g/mol. The Hall–Kier alpha value is -8.01. The average Bonchev–Trinajstić information content (AvgIpc) is 0.978. The van der Waals surface area contributed by atoms with Crippen LogP contribution >= 0.6 is 0 Å². The van der Waals surface area contributed by atoms with Crippen molar-refractivity contribution in [2.24, 2.45) is 0 Å². The maximum Gasteiger partial charge on any atom is 0.261 e. The van der Waals surface area contributed by atoms with Crippen molar-refractivity contribution < 1.29 is 28.0 Å². The predicted molar refractivity (Wildman–Crippen MR) is 361 cm³/mol. The molecule has 0 saturated carbocycles. The average molecular weight is 1210 g/mol. The third-order valence-corrected chi connectivity index (χ3v) is 27.4. The Balaban J connectivity index is 1.13. The Kier molecular flexibility index (Phi) is 22.2. The van der Waals surface area contributed by atoms with Gasteiger partial charge < -0.3 is 29.3 Å². The Labute approximate surface area is 525 Å². The minimum Gasteiger partial charge on any atom is -0.406 e. The standard InChI is InChI=1S/C76H88N4O6Si2/c1-75(2,3)87(67-39-23-11-24-40-67,68-41-25-12-26-42-68)85-49-47-79-65(53-61-35-19-9-20-36-61)57-71(81)78-64(52-60-33-17-8-18-34-60)56-74(84)80(48-50-86-88(76(4,5)6,69-43-27-13-28-44-69)70-45-29-14-30-46-70)66(54-62-37-21-10-22-38-62)58-72(82)77-63(55-73(79)83)51-59-31-15-7-16-32-59/h7-46,63-66H,47-58H2,1-6H3,(H,77,82)(H,78,81)/t63-,64?,65-,66-/m0/s1. The van der Waals surface area contributed by atoms with Crippen LogP contribution in [0.25, 0.3) is 0 Å². The van der Waals surface area contributed by atoms with Gasteiger partial charge in [0, 0.05) is 62.9 Å². The van der Waals surface area contributed by atoms with Gasteiger partial charge in [-0.15, -0.1) is 0 Å². The fourth-order valence-corrected chi connectivity index (χ4v) is 22.4. The van der Waals surface area contributed by atoms with Crippen molar-refractivity contribution in [3.05, 3.63) is 265 Å².